The van der Waals surface area contributed by atoms with Crippen molar-refractivity contribution in [2.24, 2.45) is 0 Å². The van der Waals surface area contributed by atoms with Crippen molar-refractivity contribution >= 4 is 11.6 Å². The second kappa shape index (κ2) is 7.71. The minimum absolute atomic E-state index is 0.0449. The lowest BCUT2D eigenvalue weighted by Crippen LogP contribution is -2.29. The van der Waals surface area contributed by atoms with Crippen molar-refractivity contribution in [3.8, 4) is 0 Å². The van der Waals surface area contributed by atoms with Gasteiger partial charge in [0.2, 0.25) is 5.91 Å². The quantitative estimate of drug-likeness (QED) is 0.826. The van der Waals surface area contributed by atoms with Gasteiger partial charge in [0.05, 0.1) is 0 Å². The van der Waals surface area contributed by atoms with Crippen LogP contribution in [0.2, 0.25) is 0 Å². The van der Waals surface area contributed by atoms with Crippen LogP contribution < -0.4 is 5.32 Å². The normalized spacial score (nSPS) is 10.3. The molecule has 0 aliphatic heterocycles. The summed E-state index contributed by atoms with van der Waals surface area (Å²) in [5.74, 6) is -1.72. The van der Waals surface area contributed by atoms with Crippen molar-refractivity contribution in [1.82, 2.24) is 4.90 Å². The molecule has 1 aromatic rings. The molecule has 0 saturated carbocycles. The van der Waals surface area contributed by atoms with E-state index in [-0.39, 0.29) is 5.91 Å². The molecule has 0 aliphatic carbocycles. The van der Waals surface area contributed by atoms with Crippen molar-refractivity contribution in [2.45, 2.75) is 26.2 Å². The van der Waals surface area contributed by atoms with E-state index in [2.05, 4.69) is 12.2 Å². The number of nitrogens with one attached hydrogen (secondary N) is 1. The number of carbonyl (C=O) groups is 1. The Bertz CT molecular complexity index is 424. The van der Waals surface area contributed by atoms with Crippen LogP contribution in [-0.2, 0) is 4.79 Å². The zero-order valence-electron chi connectivity index (χ0n) is 11.4. The molecule has 5 heteroatoms. The van der Waals surface area contributed by atoms with Crippen molar-refractivity contribution in [3.63, 3.8) is 0 Å². The zero-order chi connectivity index (χ0) is 14.3. The van der Waals surface area contributed by atoms with E-state index < -0.39 is 11.6 Å². The number of hydrogen-bond acceptors (Lipinski definition) is 2. The van der Waals surface area contributed by atoms with E-state index in [1.807, 2.05) is 0 Å². The van der Waals surface area contributed by atoms with Gasteiger partial charge in [0.1, 0.15) is 0 Å². The molecule has 3 nitrogen and oxygen atoms in total. The van der Waals surface area contributed by atoms with Gasteiger partial charge in [-0.25, -0.2) is 8.78 Å². The number of amides is 1. The third-order valence-electron chi connectivity index (χ3n) is 2.86. The summed E-state index contributed by atoms with van der Waals surface area (Å²) in [6.45, 7) is 3.23. The minimum Gasteiger partial charge on any atom is -0.384 e. The Hall–Kier alpha value is -1.65. The highest BCUT2D eigenvalue weighted by Crippen LogP contribution is 2.12. The van der Waals surface area contributed by atoms with E-state index in [4.69, 9.17) is 0 Å². The van der Waals surface area contributed by atoms with E-state index in [0.717, 1.165) is 31.5 Å². The molecule has 0 bridgehead atoms. The largest absolute Gasteiger partial charge is 0.384 e. The zero-order valence-corrected chi connectivity index (χ0v) is 11.4. The minimum atomic E-state index is -0.892. The molecule has 0 fully saturated rings. The van der Waals surface area contributed by atoms with Gasteiger partial charge in [-0.3, -0.25) is 4.79 Å². The standard InChI is InChI=1S/C14H20F2N2O/c1-3-4-9-18(2)14(19)7-8-17-11-5-6-12(15)13(16)10-11/h5-6,10,17H,3-4,7-9H2,1-2H3. The molecule has 0 aliphatic rings. The Balaban J connectivity index is 2.33. The molecule has 1 rings (SSSR count). The molecule has 0 heterocycles. The van der Waals surface area contributed by atoms with Gasteiger partial charge in [-0.15, -0.1) is 0 Å². The average Bonchev–Trinajstić information content (AvgIpc) is 2.39. The third kappa shape index (κ3) is 5.24. The highest BCUT2D eigenvalue weighted by atomic mass is 19.2. The third-order valence-corrected chi connectivity index (χ3v) is 2.86. The number of benzene rings is 1. The van der Waals surface area contributed by atoms with Crippen molar-refractivity contribution in [1.29, 1.82) is 0 Å². The Kier molecular flexibility index (Phi) is 6.25. The fourth-order valence-electron chi connectivity index (χ4n) is 1.63. The number of hydrogen-bond donors (Lipinski definition) is 1. The lowest BCUT2D eigenvalue weighted by Gasteiger charge is -2.17. The highest BCUT2D eigenvalue weighted by molar-refractivity contribution is 5.76. The monoisotopic (exact) mass is 270 g/mol. The molecule has 0 aromatic heterocycles. The Labute approximate surface area is 112 Å². The molecular weight excluding hydrogens is 250 g/mol. The van der Waals surface area contributed by atoms with Crippen LogP contribution in [0.5, 0.6) is 0 Å². The van der Waals surface area contributed by atoms with Gasteiger partial charge >= 0.3 is 0 Å². The Morgan fingerprint density at radius 1 is 1.32 bits per heavy atom. The van der Waals surface area contributed by atoms with Crippen LogP contribution in [0.3, 0.4) is 0 Å². The summed E-state index contributed by atoms with van der Waals surface area (Å²) < 4.78 is 25.7. The van der Waals surface area contributed by atoms with Crippen molar-refractivity contribution in [3.05, 3.63) is 29.8 Å². The highest BCUT2D eigenvalue weighted by Gasteiger charge is 2.08. The van der Waals surface area contributed by atoms with Gasteiger partial charge in [0.25, 0.3) is 0 Å². The first kappa shape index (κ1) is 15.4. The van der Waals surface area contributed by atoms with Crippen LogP contribution in [0.4, 0.5) is 14.5 Å². The summed E-state index contributed by atoms with van der Waals surface area (Å²) in [4.78, 5) is 13.4. The lowest BCUT2D eigenvalue weighted by molar-refractivity contribution is -0.129. The number of rotatable bonds is 7. The first-order valence-electron chi connectivity index (χ1n) is 6.47. The first-order chi connectivity index (χ1) is 9.04. The molecule has 19 heavy (non-hydrogen) atoms. The van der Waals surface area contributed by atoms with Crippen molar-refractivity contribution < 1.29 is 13.6 Å². The van der Waals surface area contributed by atoms with E-state index in [1.54, 1.807) is 11.9 Å². The van der Waals surface area contributed by atoms with Gasteiger partial charge in [0.15, 0.2) is 11.6 Å². The van der Waals surface area contributed by atoms with E-state index in [1.165, 1.54) is 6.07 Å². The molecule has 0 radical (unpaired) electrons. The number of anilines is 1. The average molecular weight is 270 g/mol. The van der Waals surface area contributed by atoms with Gasteiger partial charge in [0, 0.05) is 32.2 Å². The van der Waals surface area contributed by atoms with E-state index >= 15 is 0 Å². The summed E-state index contributed by atoms with van der Waals surface area (Å²) in [6.07, 6.45) is 2.36. The Morgan fingerprint density at radius 2 is 2.05 bits per heavy atom. The molecule has 1 amide bonds. The lowest BCUT2D eigenvalue weighted by atomic mass is 10.2. The van der Waals surface area contributed by atoms with Gasteiger partial charge in [-0.2, -0.15) is 0 Å². The van der Waals surface area contributed by atoms with Crippen molar-refractivity contribution in [2.75, 3.05) is 25.5 Å². The summed E-state index contributed by atoms with van der Waals surface area (Å²) in [6, 6.07) is 3.59. The topological polar surface area (TPSA) is 32.3 Å². The maximum absolute atomic E-state index is 12.9. The molecule has 0 saturated heterocycles. The first-order valence-corrected chi connectivity index (χ1v) is 6.47. The smallest absolute Gasteiger partial charge is 0.224 e. The fraction of sp³-hybridized carbons (Fsp3) is 0.500. The predicted molar refractivity (Wildman–Crippen MR) is 72.0 cm³/mol. The summed E-state index contributed by atoms with van der Waals surface area (Å²) in [5, 5.41) is 2.90. The second-order valence-corrected chi connectivity index (χ2v) is 4.47. The SMILES string of the molecule is CCCCN(C)C(=O)CCNc1ccc(F)c(F)c1. The van der Waals surface area contributed by atoms with Crippen LogP contribution in [0, 0.1) is 11.6 Å². The molecular formula is C14H20F2N2O. The summed E-state index contributed by atoms with van der Waals surface area (Å²) in [7, 11) is 1.77. The molecule has 1 aromatic carbocycles. The molecule has 0 atom stereocenters. The summed E-state index contributed by atoms with van der Waals surface area (Å²) in [5.41, 5.74) is 0.475. The predicted octanol–water partition coefficient (Wildman–Crippen LogP) is 3.03. The van der Waals surface area contributed by atoms with E-state index in [9.17, 15) is 13.6 Å². The van der Waals surface area contributed by atoms with Gasteiger partial charge in [-0.05, 0) is 24.6 Å². The maximum atomic E-state index is 12.9. The number of nitrogens with zero attached hydrogens (tertiary/aromatic N) is 1. The van der Waals surface area contributed by atoms with E-state index in [0.29, 0.717) is 18.7 Å². The van der Waals surface area contributed by atoms with Crippen LogP contribution in [0.1, 0.15) is 26.2 Å². The summed E-state index contributed by atoms with van der Waals surface area (Å²) >= 11 is 0. The number of unbranched alkanes of at least 4 members (excludes halogenated alkanes) is 1. The fourth-order valence-corrected chi connectivity index (χ4v) is 1.63. The number of carbonyl (C=O) groups excluding carboxylic acids is 1. The molecule has 0 spiro atoms. The van der Waals surface area contributed by atoms with Crippen LogP contribution in [-0.4, -0.2) is 30.9 Å². The Morgan fingerprint density at radius 3 is 2.68 bits per heavy atom. The maximum Gasteiger partial charge on any atom is 0.224 e. The second-order valence-electron chi connectivity index (χ2n) is 4.47. The number of halogens is 2. The van der Waals surface area contributed by atoms with Gasteiger partial charge in [-0.1, -0.05) is 13.3 Å². The van der Waals surface area contributed by atoms with Crippen LogP contribution in [0.25, 0.3) is 0 Å². The molecule has 1 N–H and O–H groups in total. The van der Waals surface area contributed by atoms with Gasteiger partial charge < -0.3 is 10.2 Å². The van der Waals surface area contributed by atoms with Crippen LogP contribution >= 0.6 is 0 Å². The van der Waals surface area contributed by atoms with Crippen LogP contribution in [0.15, 0.2) is 18.2 Å². The molecule has 0 unspecified atom stereocenters. The molecule has 106 valence electrons.